The SMILES string of the molecule is CC1CCCC(C(=O)C2CCCCCC2N)C1. The van der Waals surface area contributed by atoms with Crippen molar-refractivity contribution in [2.45, 2.75) is 70.8 Å². The summed E-state index contributed by atoms with van der Waals surface area (Å²) in [5.74, 6) is 1.74. The van der Waals surface area contributed by atoms with Gasteiger partial charge in [0, 0.05) is 17.9 Å². The Morgan fingerprint density at radius 1 is 1.00 bits per heavy atom. The van der Waals surface area contributed by atoms with Crippen LogP contribution in [-0.4, -0.2) is 11.8 Å². The molecule has 0 amide bonds. The van der Waals surface area contributed by atoms with Crippen molar-refractivity contribution >= 4 is 5.78 Å². The lowest BCUT2D eigenvalue weighted by atomic mass is 9.75. The van der Waals surface area contributed by atoms with Crippen LogP contribution >= 0.6 is 0 Å². The van der Waals surface area contributed by atoms with E-state index in [1.807, 2.05) is 0 Å². The van der Waals surface area contributed by atoms with E-state index in [0.29, 0.717) is 11.7 Å². The van der Waals surface area contributed by atoms with Crippen molar-refractivity contribution in [3.63, 3.8) is 0 Å². The van der Waals surface area contributed by atoms with Crippen LogP contribution in [0.2, 0.25) is 0 Å². The summed E-state index contributed by atoms with van der Waals surface area (Å²) < 4.78 is 0. The van der Waals surface area contributed by atoms with Crippen molar-refractivity contribution in [3.05, 3.63) is 0 Å². The molecule has 0 heterocycles. The predicted molar refractivity (Wildman–Crippen MR) is 70.7 cm³/mol. The average molecular weight is 237 g/mol. The van der Waals surface area contributed by atoms with E-state index in [9.17, 15) is 4.79 Å². The molecule has 0 spiro atoms. The molecular weight excluding hydrogens is 210 g/mol. The van der Waals surface area contributed by atoms with Crippen molar-refractivity contribution in [3.8, 4) is 0 Å². The van der Waals surface area contributed by atoms with E-state index in [1.165, 1.54) is 32.1 Å². The molecule has 17 heavy (non-hydrogen) atoms. The third-order valence-corrected chi connectivity index (χ3v) is 4.77. The fraction of sp³-hybridized carbons (Fsp3) is 0.933. The Bertz CT molecular complexity index is 264. The third-order valence-electron chi connectivity index (χ3n) is 4.77. The molecule has 0 radical (unpaired) electrons. The number of carbonyl (C=O) groups excluding carboxylic acids is 1. The van der Waals surface area contributed by atoms with Crippen LogP contribution in [0.4, 0.5) is 0 Å². The molecule has 0 aliphatic heterocycles. The molecule has 0 saturated heterocycles. The fourth-order valence-corrected chi connectivity index (χ4v) is 3.68. The maximum absolute atomic E-state index is 12.6. The van der Waals surface area contributed by atoms with Gasteiger partial charge >= 0.3 is 0 Å². The quantitative estimate of drug-likeness (QED) is 0.749. The predicted octanol–water partition coefficient (Wildman–Crippen LogP) is 3.29. The molecule has 4 unspecified atom stereocenters. The van der Waals surface area contributed by atoms with Gasteiger partial charge in [-0.05, 0) is 31.6 Å². The van der Waals surface area contributed by atoms with Crippen molar-refractivity contribution < 1.29 is 4.79 Å². The Hall–Kier alpha value is -0.370. The zero-order valence-corrected chi connectivity index (χ0v) is 11.2. The second-order valence-electron chi connectivity index (χ2n) is 6.28. The minimum atomic E-state index is 0.141. The molecule has 2 aliphatic carbocycles. The van der Waals surface area contributed by atoms with Gasteiger partial charge in [-0.3, -0.25) is 4.79 Å². The van der Waals surface area contributed by atoms with Gasteiger partial charge in [-0.25, -0.2) is 0 Å². The Kier molecular flexibility index (Phi) is 4.61. The maximum Gasteiger partial charge on any atom is 0.140 e. The lowest BCUT2D eigenvalue weighted by molar-refractivity contribution is -0.129. The first-order chi connectivity index (χ1) is 8.18. The van der Waals surface area contributed by atoms with Crippen molar-refractivity contribution in [2.75, 3.05) is 0 Å². The fourth-order valence-electron chi connectivity index (χ4n) is 3.68. The van der Waals surface area contributed by atoms with Crippen molar-refractivity contribution in [1.82, 2.24) is 0 Å². The van der Waals surface area contributed by atoms with Crippen LogP contribution in [0.5, 0.6) is 0 Å². The normalized spacial score (nSPS) is 39.6. The highest BCUT2D eigenvalue weighted by atomic mass is 16.1. The molecule has 2 rings (SSSR count). The van der Waals surface area contributed by atoms with Crippen LogP contribution in [0, 0.1) is 17.8 Å². The molecule has 98 valence electrons. The molecule has 2 nitrogen and oxygen atoms in total. The van der Waals surface area contributed by atoms with Gasteiger partial charge in [-0.1, -0.05) is 39.0 Å². The summed E-state index contributed by atoms with van der Waals surface area (Å²) in [6, 6.07) is 0.141. The minimum absolute atomic E-state index is 0.141. The number of hydrogen-bond acceptors (Lipinski definition) is 2. The second kappa shape index (κ2) is 5.99. The van der Waals surface area contributed by atoms with Gasteiger partial charge in [-0.2, -0.15) is 0 Å². The summed E-state index contributed by atoms with van der Waals surface area (Å²) in [5, 5.41) is 0. The molecule has 0 aromatic heterocycles. The van der Waals surface area contributed by atoms with E-state index in [0.717, 1.165) is 31.6 Å². The molecule has 2 N–H and O–H groups in total. The van der Waals surface area contributed by atoms with Gasteiger partial charge in [0.05, 0.1) is 0 Å². The smallest absolute Gasteiger partial charge is 0.140 e. The molecule has 2 heteroatoms. The first kappa shape index (κ1) is 13.1. The Labute approximate surface area is 105 Å². The van der Waals surface area contributed by atoms with Crippen LogP contribution in [-0.2, 0) is 4.79 Å². The number of rotatable bonds is 2. The highest BCUT2D eigenvalue weighted by molar-refractivity contribution is 5.84. The van der Waals surface area contributed by atoms with Crippen molar-refractivity contribution in [1.29, 1.82) is 0 Å². The average Bonchev–Trinajstić information content (AvgIpc) is 2.53. The van der Waals surface area contributed by atoms with Crippen LogP contribution in [0.15, 0.2) is 0 Å². The van der Waals surface area contributed by atoms with E-state index < -0.39 is 0 Å². The lowest BCUT2D eigenvalue weighted by Gasteiger charge is -2.30. The van der Waals surface area contributed by atoms with E-state index in [1.54, 1.807) is 0 Å². The van der Waals surface area contributed by atoms with Gasteiger partial charge in [0.25, 0.3) is 0 Å². The summed E-state index contributed by atoms with van der Waals surface area (Å²) in [7, 11) is 0. The van der Waals surface area contributed by atoms with E-state index in [-0.39, 0.29) is 12.0 Å². The van der Waals surface area contributed by atoms with Crippen molar-refractivity contribution in [2.24, 2.45) is 23.5 Å². The topological polar surface area (TPSA) is 43.1 Å². The Morgan fingerprint density at radius 3 is 2.53 bits per heavy atom. The molecule has 0 aromatic carbocycles. The number of hydrogen-bond donors (Lipinski definition) is 1. The molecule has 2 fully saturated rings. The van der Waals surface area contributed by atoms with E-state index in [4.69, 9.17) is 5.73 Å². The van der Waals surface area contributed by atoms with Gasteiger partial charge in [0.1, 0.15) is 5.78 Å². The van der Waals surface area contributed by atoms with Gasteiger partial charge in [0.15, 0.2) is 0 Å². The van der Waals surface area contributed by atoms with E-state index in [2.05, 4.69) is 6.92 Å². The third kappa shape index (κ3) is 3.31. The number of nitrogens with two attached hydrogens (primary N) is 1. The van der Waals surface area contributed by atoms with Crippen LogP contribution in [0.1, 0.15) is 64.7 Å². The molecule has 0 bridgehead atoms. The zero-order valence-electron chi connectivity index (χ0n) is 11.2. The van der Waals surface area contributed by atoms with Gasteiger partial charge < -0.3 is 5.73 Å². The summed E-state index contributed by atoms with van der Waals surface area (Å²) in [6.45, 7) is 2.28. The van der Waals surface area contributed by atoms with Crippen LogP contribution in [0.3, 0.4) is 0 Å². The number of ketones is 1. The molecule has 0 aromatic rings. The largest absolute Gasteiger partial charge is 0.327 e. The van der Waals surface area contributed by atoms with Crippen LogP contribution in [0.25, 0.3) is 0 Å². The monoisotopic (exact) mass is 237 g/mol. The summed E-state index contributed by atoms with van der Waals surface area (Å²) >= 11 is 0. The molecule has 4 atom stereocenters. The first-order valence-electron chi connectivity index (χ1n) is 7.47. The lowest BCUT2D eigenvalue weighted by Crippen LogP contribution is -2.39. The summed E-state index contributed by atoms with van der Waals surface area (Å²) in [6.07, 6.45) is 10.6. The summed E-state index contributed by atoms with van der Waals surface area (Å²) in [5.41, 5.74) is 6.20. The highest BCUT2D eigenvalue weighted by Gasteiger charge is 2.33. The van der Waals surface area contributed by atoms with Crippen LogP contribution < -0.4 is 5.73 Å². The number of Topliss-reactive ketones (excluding diaryl/α,β-unsaturated/α-hetero) is 1. The van der Waals surface area contributed by atoms with Gasteiger partial charge in [0.2, 0.25) is 0 Å². The van der Waals surface area contributed by atoms with Gasteiger partial charge in [-0.15, -0.1) is 0 Å². The second-order valence-corrected chi connectivity index (χ2v) is 6.28. The minimum Gasteiger partial charge on any atom is -0.327 e. The zero-order chi connectivity index (χ0) is 12.3. The first-order valence-corrected chi connectivity index (χ1v) is 7.47. The molecular formula is C15H27NO. The molecule has 2 saturated carbocycles. The number of carbonyl (C=O) groups is 1. The molecule has 2 aliphatic rings. The Morgan fingerprint density at radius 2 is 1.76 bits per heavy atom. The highest BCUT2D eigenvalue weighted by Crippen LogP contribution is 2.34. The maximum atomic E-state index is 12.6. The standard InChI is InChI=1S/C15H27NO/c1-11-6-5-7-12(10-11)15(17)13-8-3-2-4-9-14(13)16/h11-14H,2-10,16H2,1H3. The van der Waals surface area contributed by atoms with E-state index >= 15 is 0 Å². The summed E-state index contributed by atoms with van der Waals surface area (Å²) in [4.78, 5) is 12.6. The Balaban J connectivity index is 1.97.